The van der Waals surface area contributed by atoms with Crippen molar-refractivity contribution in [1.82, 2.24) is 10.2 Å². The lowest BCUT2D eigenvalue weighted by Gasteiger charge is -2.26. The zero-order valence-corrected chi connectivity index (χ0v) is 15.7. The molecule has 0 aliphatic carbocycles. The van der Waals surface area contributed by atoms with Crippen LogP contribution in [0.2, 0.25) is 0 Å². The number of amides is 1. The maximum absolute atomic E-state index is 12.6. The molecule has 2 aliphatic rings. The second-order valence-electron chi connectivity index (χ2n) is 6.63. The second-order valence-corrected chi connectivity index (χ2v) is 7.74. The molecule has 2 N–H and O–H groups in total. The molecule has 0 bridgehead atoms. The van der Waals surface area contributed by atoms with Crippen LogP contribution < -0.4 is 10.6 Å². The molecule has 1 aromatic heterocycles. The predicted molar refractivity (Wildman–Crippen MR) is 106 cm³/mol. The molecule has 1 atom stereocenters. The third-order valence-electron chi connectivity index (χ3n) is 4.97. The Hall–Kier alpha value is -2.71. The minimum Gasteiger partial charge on any atom is -0.353 e. The number of thiophene rings is 1. The summed E-state index contributed by atoms with van der Waals surface area (Å²) in [6.07, 6.45) is 4.31. The number of nitrogens with zero attached hydrogens (tertiary/aromatic N) is 2. The largest absolute Gasteiger partial charge is 0.353 e. The minimum atomic E-state index is -0.420. The van der Waals surface area contributed by atoms with Crippen molar-refractivity contribution in [2.75, 3.05) is 18.4 Å². The summed E-state index contributed by atoms with van der Waals surface area (Å²) in [5.74, 6) is -0.0375. The van der Waals surface area contributed by atoms with E-state index < -0.39 is 4.92 Å². The maximum Gasteiger partial charge on any atom is 0.269 e. The van der Waals surface area contributed by atoms with Crippen LogP contribution in [-0.2, 0) is 13.0 Å². The van der Waals surface area contributed by atoms with Crippen molar-refractivity contribution in [2.45, 2.75) is 26.1 Å². The molecule has 0 spiro atoms. The van der Waals surface area contributed by atoms with Crippen molar-refractivity contribution in [3.8, 4) is 0 Å². The lowest BCUT2D eigenvalue weighted by molar-refractivity contribution is -0.384. The first-order chi connectivity index (χ1) is 13.0. The van der Waals surface area contributed by atoms with E-state index in [1.54, 1.807) is 23.5 Å². The smallest absolute Gasteiger partial charge is 0.269 e. The van der Waals surface area contributed by atoms with Gasteiger partial charge in [0.15, 0.2) is 0 Å². The van der Waals surface area contributed by atoms with Crippen LogP contribution in [0.1, 0.15) is 33.3 Å². The van der Waals surface area contributed by atoms with Crippen molar-refractivity contribution in [1.29, 1.82) is 0 Å². The van der Waals surface area contributed by atoms with Gasteiger partial charge in [0.05, 0.1) is 10.5 Å². The number of nitro benzene ring substituents is 1. The standard InChI is InChI=1S/C19H20N4O3S/c1-2-22-10-9-14-15(11-22)27-19-17(14)18(24)20-16(21-19)8-5-12-3-6-13(7-4-12)23(25)26/h3-8,16,21H,2,9-11H2,1H3,(H,20,24)/b8-5-/t16-/m0/s1. The number of hydrogen-bond acceptors (Lipinski definition) is 6. The zero-order valence-electron chi connectivity index (χ0n) is 14.9. The van der Waals surface area contributed by atoms with Gasteiger partial charge in [-0.3, -0.25) is 19.8 Å². The molecule has 0 saturated heterocycles. The van der Waals surface area contributed by atoms with Crippen LogP contribution in [0.15, 0.2) is 30.3 Å². The Morgan fingerprint density at radius 3 is 2.81 bits per heavy atom. The van der Waals surface area contributed by atoms with Crippen molar-refractivity contribution < 1.29 is 9.72 Å². The molecule has 0 fully saturated rings. The Balaban J connectivity index is 1.51. The number of likely N-dealkylation sites (N-methyl/N-ethyl adjacent to an activating group) is 1. The number of benzene rings is 1. The number of carbonyl (C=O) groups excluding carboxylic acids is 1. The SMILES string of the molecule is CCN1CCc2c(sc3c2C(=O)N[C@H](/C=C\c2ccc([N+](=O)[O-])cc2)N3)C1. The van der Waals surface area contributed by atoms with Crippen molar-refractivity contribution in [3.05, 3.63) is 62.0 Å². The van der Waals surface area contributed by atoms with E-state index >= 15 is 0 Å². The lowest BCUT2D eigenvalue weighted by atomic mass is 10.0. The Kier molecular flexibility index (Phi) is 4.67. The van der Waals surface area contributed by atoms with E-state index in [1.807, 2.05) is 12.2 Å². The number of anilines is 1. The van der Waals surface area contributed by atoms with Crippen LogP contribution in [0.4, 0.5) is 10.7 Å². The summed E-state index contributed by atoms with van der Waals surface area (Å²) in [5, 5.41) is 18.0. The average molecular weight is 384 g/mol. The van der Waals surface area contributed by atoms with E-state index in [4.69, 9.17) is 0 Å². The molecule has 0 unspecified atom stereocenters. The third kappa shape index (κ3) is 3.45. The van der Waals surface area contributed by atoms with Crippen LogP contribution in [-0.4, -0.2) is 35.0 Å². The molecule has 7 nitrogen and oxygen atoms in total. The van der Waals surface area contributed by atoms with Crippen molar-refractivity contribution in [3.63, 3.8) is 0 Å². The van der Waals surface area contributed by atoms with Gasteiger partial charge < -0.3 is 10.6 Å². The topological polar surface area (TPSA) is 87.5 Å². The van der Waals surface area contributed by atoms with E-state index in [9.17, 15) is 14.9 Å². The number of fused-ring (bicyclic) bond motifs is 3. The fraction of sp³-hybridized carbons (Fsp3) is 0.316. The van der Waals surface area contributed by atoms with Gasteiger partial charge in [0.25, 0.3) is 11.6 Å². The summed E-state index contributed by atoms with van der Waals surface area (Å²) in [6.45, 7) is 5.07. The summed E-state index contributed by atoms with van der Waals surface area (Å²) in [5.41, 5.74) is 2.88. The molecular weight excluding hydrogens is 364 g/mol. The number of carbonyl (C=O) groups is 1. The van der Waals surface area contributed by atoms with E-state index in [0.717, 1.165) is 42.2 Å². The van der Waals surface area contributed by atoms with Gasteiger partial charge in [-0.1, -0.05) is 13.0 Å². The molecule has 8 heteroatoms. The molecule has 0 saturated carbocycles. The molecule has 2 aliphatic heterocycles. The number of nitro groups is 1. The fourth-order valence-corrected chi connectivity index (χ4v) is 4.79. The molecule has 0 radical (unpaired) electrons. The van der Waals surface area contributed by atoms with Crippen LogP contribution in [0.25, 0.3) is 6.08 Å². The molecule has 2 aromatic rings. The number of non-ortho nitro benzene ring substituents is 1. The summed E-state index contributed by atoms with van der Waals surface area (Å²) in [7, 11) is 0. The molecule has 1 amide bonds. The first-order valence-electron chi connectivity index (χ1n) is 8.92. The van der Waals surface area contributed by atoms with Crippen molar-refractivity contribution in [2.24, 2.45) is 0 Å². The highest BCUT2D eigenvalue weighted by atomic mass is 32.1. The second kappa shape index (κ2) is 7.13. The number of nitrogens with one attached hydrogen (secondary N) is 2. The summed E-state index contributed by atoms with van der Waals surface area (Å²) in [4.78, 5) is 26.6. The highest BCUT2D eigenvalue weighted by Gasteiger charge is 2.31. The van der Waals surface area contributed by atoms with Crippen molar-refractivity contribution >= 4 is 34.0 Å². The monoisotopic (exact) mass is 384 g/mol. The Morgan fingerprint density at radius 1 is 1.33 bits per heavy atom. The summed E-state index contributed by atoms with van der Waals surface area (Å²) < 4.78 is 0. The predicted octanol–water partition coefficient (Wildman–Crippen LogP) is 3.23. The molecule has 140 valence electrons. The van der Waals surface area contributed by atoms with Gasteiger partial charge in [0.1, 0.15) is 11.2 Å². The molecule has 1 aromatic carbocycles. The zero-order chi connectivity index (χ0) is 19.0. The van der Waals surface area contributed by atoms with E-state index in [-0.39, 0.29) is 17.8 Å². The van der Waals surface area contributed by atoms with Crippen LogP contribution in [0, 0.1) is 10.1 Å². The quantitative estimate of drug-likeness (QED) is 0.624. The fourth-order valence-electron chi connectivity index (χ4n) is 3.47. The van der Waals surface area contributed by atoms with E-state index in [2.05, 4.69) is 22.5 Å². The van der Waals surface area contributed by atoms with E-state index in [1.165, 1.54) is 22.6 Å². The average Bonchev–Trinajstić information content (AvgIpc) is 3.04. The van der Waals surface area contributed by atoms with Gasteiger partial charge in [-0.2, -0.15) is 0 Å². The minimum absolute atomic E-state index is 0.0375. The van der Waals surface area contributed by atoms with Crippen LogP contribution in [0.3, 0.4) is 0 Å². The number of hydrogen-bond donors (Lipinski definition) is 2. The highest BCUT2D eigenvalue weighted by Crippen LogP contribution is 2.38. The van der Waals surface area contributed by atoms with Crippen LogP contribution >= 0.6 is 11.3 Å². The third-order valence-corrected chi connectivity index (χ3v) is 6.12. The maximum atomic E-state index is 12.6. The van der Waals surface area contributed by atoms with Gasteiger partial charge in [0.2, 0.25) is 0 Å². The van der Waals surface area contributed by atoms with Gasteiger partial charge in [-0.05, 0) is 42.3 Å². The first kappa shape index (κ1) is 17.7. The van der Waals surface area contributed by atoms with Gasteiger partial charge in [-0.15, -0.1) is 11.3 Å². The summed E-state index contributed by atoms with van der Waals surface area (Å²) in [6, 6.07) is 6.32. The van der Waals surface area contributed by atoms with Crippen LogP contribution in [0.5, 0.6) is 0 Å². The van der Waals surface area contributed by atoms with Gasteiger partial charge >= 0.3 is 0 Å². The lowest BCUT2D eigenvalue weighted by Crippen LogP contribution is -2.43. The van der Waals surface area contributed by atoms with E-state index in [0.29, 0.717) is 0 Å². The highest BCUT2D eigenvalue weighted by molar-refractivity contribution is 7.16. The Morgan fingerprint density at radius 2 is 2.11 bits per heavy atom. The Labute approximate surface area is 160 Å². The molecular formula is C19H20N4O3S. The first-order valence-corrected chi connectivity index (χ1v) is 9.73. The molecule has 3 heterocycles. The normalized spacial score (nSPS) is 19.3. The van der Waals surface area contributed by atoms with Gasteiger partial charge in [-0.25, -0.2) is 0 Å². The number of rotatable bonds is 4. The van der Waals surface area contributed by atoms with Gasteiger partial charge in [0, 0.05) is 30.1 Å². The molecule has 27 heavy (non-hydrogen) atoms. The Bertz CT molecular complexity index is 920. The molecule has 4 rings (SSSR count). The summed E-state index contributed by atoms with van der Waals surface area (Å²) >= 11 is 1.67.